The van der Waals surface area contributed by atoms with E-state index in [-0.39, 0.29) is 0 Å². The third-order valence-corrected chi connectivity index (χ3v) is 1.68. The van der Waals surface area contributed by atoms with Gasteiger partial charge in [0.15, 0.2) is 5.69 Å². The van der Waals surface area contributed by atoms with Crippen LogP contribution in [0.2, 0.25) is 0 Å². The van der Waals surface area contributed by atoms with Crippen molar-refractivity contribution in [3.8, 4) is 17.5 Å². The van der Waals surface area contributed by atoms with E-state index in [1.165, 1.54) is 17.1 Å². The average Bonchev–Trinajstić information content (AvgIpc) is 3.02. The summed E-state index contributed by atoms with van der Waals surface area (Å²) in [5, 5.41) is 20.9. The van der Waals surface area contributed by atoms with E-state index in [2.05, 4.69) is 35.9 Å². The number of nitrogens with zero attached hydrogens (tertiary/aromatic N) is 7. The lowest BCUT2D eigenvalue weighted by molar-refractivity contribution is 0.572. The minimum Gasteiger partial charge on any atom is -0.443 e. The highest BCUT2D eigenvalue weighted by Crippen LogP contribution is 2.12. The van der Waals surface area contributed by atoms with Gasteiger partial charge < -0.3 is 4.42 Å². The van der Waals surface area contributed by atoms with Crippen LogP contribution in [0.3, 0.4) is 0 Å². The molecular formula is C6H4N8O. The van der Waals surface area contributed by atoms with Gasteiger partial charge in [0, 0.05) is 0 Å². The van der Waals surface area contributed by atoms with Gasteiger partial charge in [0.25, 0.3) is 5.95 Å². The van der Waals surface area contributed by atoms with Crippen LogP contribution in [-0.2, 0) is 0 Å². The molecule has 0 amide bonds. The van der Waals surface area contributed by atoms with Gasteiger partial charge in [-0.2, -0.15) is 9.90 Å². The van der Waals surface area contributed by atoms with E-state index in [4.69, 9.17) is 4.42 Å². The van der Waals surface area contributed by atoms with Crippen LogP contribution in [0.15, 0.2) is 23.1 Å². The molecule has 1 N–H and O–H groups in total. The molecule has 0 atom stereocenters. The molecule has 9 heteroatoms. The van der Waals surface area contributed by atoms with Gasteiger partial charge in [-0.25, -0.2) is 4.98 Å². The Hall–Kier alpha value is -2.58. The van der Waals surface area contributed by atoms with Crippen molar-refractivity contribution in [2.45, 2.75) is 0 Å². The summed E-state index contributed by atoms with van der Waals surface area (Å²) in [6.07, 6.45) is 4.59. The number of hydrogen-bond acceptors (Lipinski definition) is 7. The van der Waals surface area contributed by atoms with Crippen molar-refractivity contribution in [1.82, 2.24) is 40.6 Å². The summed E-state index contributed by atoms with van der Waals surface area (Å²) in [6, 6.07) is 0. The summed E-state index contributed by atoms with van der Waals surface area (Å²) < 4.78 is 6.42. The van der Waals surface area contributed by atoms with E-state index in [1.54, 1.807) is 6.20 Å². The number of nitrogens with one attached hydrogen (secondary N) is 1. The summed E-state index contributed by atoms with van der Waals surface area (Å²) in [5.41, 5.74) is 0.504. The molecular weight excluding hydrogens is 200 g/mol. The standard InChI is InChI=1S/C6H4N8O/c1-2-15-5(7-1)4-3-14(13-8-4)6-9-11-12-10-6/h1-3H,(H,9,10,11,12). The van der Waals surface area contributed by atoms with Gasteiger partial charge in [0.2, 0.25) is 5.89 Å². The monoisotopic (exact) mass is 204 g/mol. The topological polar surface area (TPSA) is 111 Å². The lowest BCUT2D eigenvalue weighted by Crippen LogP contribution is -1.97. The highest BCUT2D eigenvalue weighted by atomic mass is 16.3. The Labute approximate surface area is 82.1 Å². The molecule has 3 rings (SSSR count). The molecule has 9 nitrogen and oxygen atoms in total. The first-order chi connectivity index (χ1) is 7.43. The Kier molecular flexibility index (Phi) is 1.54. The van der Waals surface area contributed by atoms with Gasteiger partial charge in [-0.1, -0.05) is 10.3 Å². The van der Waals surface area contributed by atoms with Crippen LogP contribution in [0.5, 0.6) is 0 Å². The Bertz CT molecular complexity index is 489. The van der Waals surface area contributed by atoms with Gasteiger partial charge in [0.1, 0.15) is 6.26 Å². The molecule has 0 radical (unpaired) electrons. The van der Waals surface area contributed by atoms with Crippen molar-refractivity contribution >= 4 is 0 Å². The lowest BCUT2D eigenvalue weighted by Gasteiger charge is -1.86. The molecule has 0 bridgehead atoms. The smallest absolute Gasteiger partial charge is 0.291 e. The molecule has 0 aliphatic heterocycles. The van der Waals surface area contributed by atoms with Crippen molar-refractivity contribution < 1.29 is 4.42 Å². The van der Waals surface area contributed by atoms with E-state index < -0.39 is 0 Å². The average molecular weight is 204 g/mol. The number of hydrogen-bond donors (Lipinski definition) is 1. The highest BCUT2D eigenvalue weighted by Gasteiger charge is 2.10. The summed E-state index contributed by atoms with van der Waals surface area (Å²) in [5.74, 6) is 0.699. The number of rotatable bonds is 2. The SMILES string of the molecule is c1coc(-c2cn(-c3nn[nH]n3)nn2)n1. The molecule has 3 heterocycles. The van der Waals surface area contributed by atoms with Crippen LogP contribution >= 0.6 is 0 Å². The van der Waals surface area contributed by atoms with Gasteiger partial charge in [-0.3, -0.25) is 0 Å². The van der Waals surface area contributed by atoms with Gasteiger partial charge >= 0.3 is 0 Å². The van der Waals surface area contributed by atoms with E-state index in [9.17, 15) is 0 Å². The van der Waals surface area contributed by atoms with Crippen molar-refractivity contribution in [3.05, 3.63) is 18.7 Å². The summed E-state index contributed by atoms with van der Waals surface area (Å²) in [4.78, 5) is 3.93. The van der Waals surface area contributed by atoms with Gasteiger partial charge in [-0.15, -0.1) is 10.2 Å². The second-order valence-electron chi connectivity index (χ2n) is 2.60. The fraction of sp³-hybridized carbons (Fsp3) is 0. The number of aromatic amines is 1. The zero-order chi connectivity index (χ0) is 10.1. The maximum atomic E-state index is 5.06. The largest absolute Gasteiger partial charge is 0.443 e. The Morgan fingerprint density at radius 1 is 1.33 bits per heavy atom. The molecule has 74 valence electrons. The molecule has 0 spiro atoms. The molecule has 0 aliphatic rings. The van der Waals surface area contributed by atoms with Crippen LogP contribution < -0.4 is 0 Å². The predicted molar refractivity (Wildman–Crippen MR) is 44.6 cm³/mol. The van der Waals surface area contributed by atoms with E-state index in [0.29, 0.717) is 17.5 Å². The number of H-pyrrole nitrogens is 1. The highest BCUT2D eigenvalue weighted by molar-refractivity contribution is 5.43. The van der Waals surface area contributed by atoms with Crippen LogP contribution in [0, 0.1) is 0 Å². The molecule has 0 aliphatic carbocycles. The molecule has 15 heavy (non-hydrogen) atoms. The van der Waals surface area contributed by atoms with E-state index in [0.717, 1.165) is 0 Å². The van der Waals surface area contributed by atoms with E-state index >= 15 is 0 Å². The zero-order valence-electron chi connectivity index (χ0n) is 7.27. The summed E-state index contributed by atoms with van der Waals surface area (Å²) in [6.45, 7) is 0. The summed E-state index contributed by atoms with van der Waals surface area (Å²) in [7, 11) is 0. The lowest BCUT2D eigenvalue weighted by atomic mass is 10.5. The van der Waals surface area contributed by atoms with Crippen molar-refractivity contribution in [2.24, 2.45) is 0 Å². The first kappa shape index (κ1) is 7.79. The van der Waals surface area contributed by atoms with Crippen molar-refractivity contribution in [2.75, 3.05) is 0 Å². The van der Waals surface area contributed by atoms with Crippen LogP contribution in [0.25, 0.3) is 17.5 Å². The maximum absolute atomic E-state index is 5.06. The minimum atomic E-state index is 0.306. The first-order valence-corrected chi connectivity index (χ1v) is 3.99. The predicted octanol–water partition coefficient (Wildman–Crippen LogP) is -0.565. The van der Waals surface area contributed by atoms with Crippen molar-refractivity contribution in [3.63, 3.8) is 0 Å². The van der Waals surface area contributed by atoms with Crippen molar-refractivity contribution in [1.29, 1.82) is 0 Å². The Balaban J connectivity index is 2.02. The maximum Gasteiger partial charge on any atom is 0.291 e. The fourth-order valence-electron chi connectivity index (χ4n) is 1.06. The van der Waals surface area contributed by atoms with Gasteiger partial charge in [-0.05, 0) is 5.21 Å². The molecule has 0 saturated carbocycles. The quantitative estimate of drug-likeness (QED) is 0.595. The molecule has 3 aromatic heterocycles. The fourth-order valence-corrected chi connectivity index (χ4v) is 1.06. The van der Waals surface area contributed by atoms with Crippen LogP contribution in [0.1, 0.15) is 0 Å². The molecule has 0 fully saturated rings. The molecule has 0 unspecified atom stereocenters. The second kappa shape index (κ2) is 2.97. The summed E-state index contributed by atoms with van der Waals surface area (Å²) >= 11 is 0. The Morgan fingerprint density at radius 3 is 3.07 bits per heavy atom. The minimum absolute atomic E-state index is 0.306. The third kappa shape index (κ3) is 1.25. The molecule has 0 saturated heterocycles. The van der Waals surface area contributed by atoms with Gasteiger partial charge in [0.05, 0.1) is 12.4 Å². The number of tetrazole rings is 1. The van der Waals surface area contributed by atoms with Crippen LogP contribution in [-0.4, -0.2) is 40.6 Å². The molecule has 3 aromatic rings. The number of oxazole rings is 1. The molecule has 0 aromatic carbocycles. The zero-order valence-corrected chi connectivity index (χ0v) is 7.27. The van der Waals surface area contributed by atoms with Crippen LogP contribution in [0.4, 0.5) is 0 Å². The van der Waals surface area contributed by atoms with E-state index in [1.807, 2.05) is 0 Å². The second-order valence-corrected chi connectivity index (χ2v) is 2.60. The third-order valence-electron chi connectivity index (χ3n) is 1.68. The Morgan fingerprint density at radius 2 is 2.33 bits per heavy atom. The first-order valence-electron chi connectivity index (χ1n) is 3.99. The normalized spacial score (nSPS) is 10.7. The number of aromatic nitrogens is 8.